The lowest BCUT2D eigenvalue weighted by Crippen LogP contribution is -2.09. The molecule has 3 heteroatoms. The average Bonchev–Trinajstić information content (AvgIpc) is 3.14. The van der Waals surface area contributed by atoms with Crippen molar-refractivity contribution in [3.63, 3.8) is 0 Å². The Hall–Kier alpha value is -1.48. The Morgan fingerprint density at radius 1 is 1.11 bits per heavy atom. The summed E-state index contributed by atoms with van der Waals surface area (Å²) in [4.78, 5) is 17.7. The number of aromatic nitrogens is 1. The van der Waals surface area contributed by atoms with Crippen LogP contribution >= 0.6 is 11.3 Å². The third kappa shape index (κ3) is 1.68. The standard InChI is InChI=1S/C16H15NOS/c18-13-8-4-7-12-14(13)19-15(17-12)16(9-10-16)11-5-2-1-3-6-11/h1-3,5-6H,4,7-10H2. The molecule has 1 heterocycles. The van der Waals surface area contributed by atoms with E-state index in [9.17, 15) is 4.79 Å². The van der Waals surface area contributed by atoms with Gasteiger partial charge in [0.15, 0.2) is 5.78 Å². The van der Waals surface area contributed by atoms with E-state index in [4.69, 9.17) is 4.98 Å². The van der Waals surface area contributed by atoms with Crippen molar-refractivity contribution in [2.75, 3.05) is 0 Å². The van der Waals surface area contributed by atoms with Crippen LogP contribution in [0.25, 0.3) is 0 Å². The second-order valence-electron chi connectivity index (χ2n) is 5.52. The van der Waals surface area contributed by atoms with Crippen LogP contribution in [0.4, 0.5) is 0 Å². The van der Waals surface area contributed by atoms with E-state index < -0.39 is 0 Å². The van der Waals surface area contributed by atoms with Gasteiger partial charge in [-0.1, -0.05) is 30.3 Å². The third-order valence-electron chi connectivity index (χ3n) is 4.25. The zero-order valence-corrected chi connectivity index (χ0v) is 11.5. The number of carbonyl (C=O) groups is 1. The van der Waals surface area contributed by atoms with Gasteiger partial charge < -0.3 is 0 Å². The molecule has 0 atom stereocenters. The molecule has 1 aromatic carbocycles. The fourth-order valence-corrected chi connectivity index (χ4v) is 4.33. The molecular formula is C16H15NOS. The van der Waals surface area contributed by atoms with Crippen LogP contribution in [-0.2, 0) is 11.8 Å². The number of nitrogens with zero attached hydrogens (tertiary/aromatic N) is 1. The summed E-state index contributed by atoms with van der Waals surface area (Å²) in [5.41, 5.74) is 2.52. The molecule has 2 nitrogen and oxygen atoms in total. The van der Waals surface area contributed by atoms with Crippen LogP contribution in [0.1, 0.15) is 51.6 Å². The largest absolute Gasteiger partial charge is 0.293 e. The van der Waals surface area contributed by atoms with Crippen molar-refractivity contribution in [2.24, 2.45) is 0 Å². The second-order valence-corrected chi connectivity index (χ2v) is 6.52. The van der Waals surface area contributed by atoms with Crippen LogP contribution in [-0.4, -0.2) is 10.8 Å². The lowest BCUT2D eigenvalue weighted by molar-refractivity contribution is 0.0976. The highest BCUT2D eigenvalue weighted by Crippen LogP contribution is 2.55. The van der Waals surface area contributed by atoms with Gasteiger partial charge in [-0.25, -0.2) is 4.98 Å². The maximum absolute atomic E-state index is 12.0. The number of carbonyl (C=O) groups excluding carboxylic acids is 1. The van der Waals surface area contributed by atoms with E-state index >= 15 is 0 Å². The quantitative estimate of drug-likeness (QED) is 0.831. The minimum absolute atomic E-state index is 0.115. The lowest BCUT2D eigenvalue weighted by atomic mass is 9.96. The molecule has 1 aromatic heterocycles. The number of hydrogen-bond donors (Lipinski definition) is 0. The van der Waals surface area contributed by atoms with Gasteiger partial charge in [0.1, 0.15) is 5.01 Å². The zero-order valence-electron chi connectivity index (χ0n) is 10.7. The van der Waals surface area contributed by atoms with Crippen LogP contribution in [0.5, 0.6) is 0 Å². The molecule has 1 fully saturated rings. The summed E-state index contributed by atoms with van der Waals surface area (Å²) in [6, 6.07) is 10.6. The van der Waals surface area contributed by atoms with Gasteiger partial charge in [-0.2, -0.15) is 0 Å². The Morgan fingerprint density at radius 2 is 1.89 bits per heavy atom. The molecule has 0 saturated heterocycles. The minimum atomic E-state index is 0.115. The zero-order chi connectivity index (χ0) is 12.9. The van der Waals surface area contributed by atoms with Crippen LogP contribution < -0.4 is 0 Å². The van der Waals surface area contributed by atoms with Gasteiger partial charge in [0.2, 0.25) is 0 Å². The Kier molecular flexibility index (Phi) is 2.39. The van der Waals surface area contributed by atoms with Crippen LogP contribution in [0.15, 0.2) is 30.3 Å². The summed E-state index contributed by atoms with van der Waals surface area (Å²) in [6.07, 6.45) is 4.97. The fraction of sp³-hybridized carbons (Fsp3) is 0.375. The highest BCUT2D eigenvalue weighted by Gasteiger charge is 2.49. The molecule has 1 saturated carbocycles. The van der Waals surface area contributed by atoms with Crippen molar-refractivity contribution < 1.29 is 4.79 Å². The second kappa shape index (κ2) is 4.01. The molecule has 19 heavy (non-hydrogen) atoms. The van der Waals surface area contributed by atoms with E-state index in [1.165, 1.54) is 10.6 Å². The Labute approximate surface area is 116 Å². The summed E-state index contributed by atoms with van der Waals surface area (Å²) < 4.78 is 0. The van der Waals surface area contributed by atoms with Crippen LogP contribution in [0.2, 0.25) is 0 Å². The molecule has 2 aliphatic rings. The number of Topliss-reactive ketones (excluding diaryl/α,β-unsaturated/α-hetero) is 1. The van der Waals surface area contributed by atoms with Crippen LogP contribution in [0.3, 0.4) is 0 Å². The minimum Gasteiger partial charge on any atom is -0.293 e. The first-order valence-electron chi connectivity index (χ1n) is 6.88. The lowest BCUT2D eigenvalue weighted by Gasteiger charge is -2.11. The number of ketones is 1. The number of rotatable bonds is 2. The molecular weight excluding hydrogens is 254 g/mol. The van der Waals surface area contributed by atoms with Crippen molar-refractivity contribution in [1.82, 2.24) is 4.98 Å². The van der Waals surface area contributed by atoms with E-state index in [-0.39, 0.29) is 5.41 Å². The van der Waals surface area contributed by atoms with Gasteiger partial charge in [0, 0.05) is 11.8 Å². The molecule has 2 aliphatic carbocycles. The normalized spacial score (nSPS) is 20.1. The van der Waals surface area contributed by atoms with Gasteiger partial charge >= 0.3 is 0 Å². The Bertz CT molecular complexity index is 640. The average molecular weight is 269 g/mol. The maximum Gasteiger partial charge on any atom is 0.174 e. The first-order chi connectivity index (χ1) is 9.29. The summed E-state index contributed by atoms with van der Waals surface area (Å²) in [6.45, 7) is 0. The SMILES string of the molecule is O=C1CCCc2nc(C3(c4ccccc4)CC3)sc21. The predicted molar refractivity (Wildman–Crippen MR) is 75.8 cm³/mol. The van der Waals surface area contributed by atoms with Gasteiger partial charge in [-0.15, -0.1) is 11.3 Å². The van der Waals surface area contributed by atoms with E-state index in [0.29, 0.717) is 12.2 Å². The van der Waals surface area contributed by atoms with Crippen molar-refractivity contribution >= 4 is 17.1 Å². The van der Waals surface area contributed by atoms with Gasteiger partial charge in [0.25, 0.3) is 0 Å². The first-order valence-corrected chi connectivity index (χ1v) is 7.70. The first kappa shape index (κ1) is 11.4. The Balaban J connectivity index is 1.79. The van der Waals surface area contributed by atoms with Gasteiger partial charge in [0.05, 0.1) is 10.6 Å². The van der Waals surface area contributed by atoms with Gasteiger partial charge in [-0.05, 0) is 31.2 Å². The van der Waals surface area contributed by atoms with Crippen molar-refractivity contribution in [1.29, 1.82) is 0 Å². The summed E-state index contributed by atoms with van der Waals surface area (Å²) in [7, 11) is 0. The number of benzene rings is 1. The highest BCUT2D eigenvalue weighted by atomic mass is 32.1. The topological polar surface area (TPSA) is 30.0 Å². The fourth-order valence-electron chi connectivity index (χ4n) is 2.98. The Morgan fingerprint density at radius 3 is 2.58 bits per heavy atom. The van der Waals surface area contributed by atoms with E-state index in [2.05, 4.69) is 30.3 Å². The third-order valence-corrected chi connectivity index (χ3v) is 5.60. The van der Waals surface area contributed by atoms with Crippen molar-refractivity contribution in [3.05, 3.63) is 51.5 Å². The molecule has 0 radical (unpaired) electrons. The van der Waals surface area contributed by atoms with Crippen LogP contribution in [0, 0.1) is 0 Å². The monoisotopic (exact) mass is 269 g/mol. The number of hydrogen-bond acceptors (Lipinski definition) is 3. The summed E-state index contributed by atoms with van der Waals surface area (Å²) in [5.74, 6) is 0.300. The molecule has 0 amide bonds. The predicted octanol–water partition coefficient (Wildman–Crippen LogP) is 3.74. The molecule has 96 valence electrons. The molecule has 0 spiro atoms. The molecule has 0 aliphatic heterocycles. The molecule has 0 N–H and O–H groups in total. The van der Waals surface area contributed by atoms with E-state index in [0.717, 1.165) is 36.3 Å². The molecule has 4 rings (SSSR count). The highest BCUT2D eigenvalue weighted by molar-refractivity contribution is 7.14. The molecule has 2 aromatic rings. The molecule has 0 bridgehead atoms. The van der Waals surface area contributed by atoms with Crippen molar-refractivity contribution in [2.45, 2.75) is 37.5 Å². The van der Waals surface area contributed by atoms with E-state index in [1.807, 2.05) is 0 Å². The number of fused-ring (bicyclic) bond motifs is 1. The van der Waals surface area contributed by atoms with Gasteiger partial charge in [-0.3, -0.25) is 4.79 Å². The van der Waals surface area contributed by atoms with E-state index in [1.54, 1.807) is 11.3 Å². The number of thiazole rings is 1. The molecule has 0 unspecified atom stereocenters. The maximum atomic E-state index is 12.0. The summed E-state index contributed by atoms with van der Waals surface area (Å²) >= 11 is 1.65. The summed E-state index contributed by atoms with van der Waals surface area (Å²) in [5, 5.41) is 1.17. The van der Waals surface area contributed by atoms with Crippen molar-refractivity contribution in [3.8, 4) is 0 Å². The smallest absolute Gasteiger partial charge is 0.174 e. The number of aryl methyl sites for hydroxylation is 1.